The molecule has 0 amide bonds. The molecule has 0 radical (unpaired) electrons. The summed E-state index contributed by atoms with van der Waals surface area (Å²) in [7, 11) is 2.03. The summed E-state index contributed by atoms with van der Waals surface area (Å²) in [5, 5.41) is 17.1. The van der Waals surface area contributed by atoms with E-state index in [1.807, 2.05) is 7.05 Å². The minimum Gasteiger partial charge on any atom is -1.00 e. The van der Waals surface area contributed by atoms with Gasteiger partial charge in [-0.05, 0) is 18.6 Å². The highest BCUT2D eigenvalue weighted by atomic mass is 79.9. The predicted octanol–water partition coefficient (Wildman–Crippen LogP) is -1.19. The van der Waals surface area contributed by atoms with E-state index in [0.29, 0.717) is 0 Å². The number of hydrogen-bond donors (Lipinski definition) is 2. The van der Waals surface area contributed by atoms with Crippen molar-refractivity contribution in [3.8, 4) is 0 Å². The van der Waals surface area contributed by atoms with E-state index in [0.717, 1.165) is 6.54 Å². The molecule has 0 unspecified atom stereocenters. The van der Waals surface area contributed by atoms with E-state index in [9.17, 15) is 9.59 Å². The fraction of sp³-hybridized carbons (Fsp3) is 0.267. The normalized spacial score (nSPS) is 9.18. The fourth-order valence-electron chi connectivity index (χ4n) is 1.75. The highest BCUT2D eigenvalue weighted by molar-refractivity contribution is 6.01. The van der Waals surface area contributed by atoms with Crippen LogP contribution in [-0.2, 0) is 13.6 Å². The number of halogens is 1. The predicted molar refractivity (Wildman–Crippen MR) is 76.3 cm³/mol. The lowest BCUT2D eigenvalue weighted by Gasteiger charge is -1.98. The third-order valence-electron chi connectivity index (χ3n) is 2.69. The van der Waals surface area contributed by atoms with Gasteiger partial charge >= 0.3 is 11.9 Å². The molecule has 2 aromatic rings. The van der Waals surface area contributed by atoms with Crippen molar-refractivity contribution < 1.29 is 41.4 Å². The number of carboxylic acid groups (broad SMARTS) is 2. The van der Waals surface area contributed by atoms with Crippen LogP contribution < -0.4 is 21.5 Å². The van der Waals surface area contributed by atoms with Gasteiger partial charge < -0.3 is 27.2 Å². The summed E-state index contributed by atoms with van der Waals surface area (Å²) in [6.07, 6.45) is 7.43. The fourth-order valence-corrected chi connectivity index (χ4v) is 1.75. The van der Waals surface area contributed by atoms with E-state index >= 15 is 0 Å². The summed E-state index contributed by atoms with van der Waals surface area (Å²) < 4.78 is 4.23. The van der Waals surface area contributed by atoms with Gasteiger partial charge in [-0.2, -0.15) is 0 Å². The molecular weight excluding hydrogens is 352 g/mol. The molecule has 0 aliphatic carbocycles. The van der Waals surface area contributed by atoms with Gasteiger partial charge in [0.1, 0.15) is 12.4 Å². The van der Waals surface area contributed by atoms with Crippen LogP contribution in [0.1, 0.15) is 34.1 Å². The Hall–Kier alpha value is -2.15. The van der Waals surface area contributed by atoms with Crippen LogP contribution in [0.15, 0.2) is 43.0 Å². The van der Waals surface area contributed by atoms with E-state index in [1.54, 1.807) is 0 Å². The molecule has 0 saturated carbocycles. The second kappa shape index (κ2) is 9.73. The maximum Gasteiger partial charge on any atom is 0.336 e. The molecule has 1 aromatic heterocycles. The van der Waals surface area contributed by atoms with Crippen molar-refractivity contribution in [2.24, 2.45) is 7.05 Å². The number of benzene rings is 1. The van der Waals surface area contributed by atoms with Crippen molar-refractivity contribution in [1.29, 1.82) is 0 Å². The van der Waals surface area contributed by atoms with Gasteiger partial charge in [0.2, 0.25) is 6.33 Å². The molecule has 0 saturated heterocycles. The second-order valence-electron chi connectivity index (χ2n) is 4.47. The molecule has 0 bridgehead atoms. The average Bonchev–Trinajstić information content (AvgIpc) is 2.85. The molecule has 6 nitrogen and oxygen atoms in total. The number of carboxylic acids is 2. The van der Waals surface area contributed by atoms with E-state index in [4.69, 9.17) is 10.2 Å². The second-order valence-corrected chi connectivity index (χ2v) is 4.47. The van der Waals surface area contributed by atoms with E-state index in [2.05, 4.69) is 34.8 Å². The monoisotopic (exact) mass is 370 g/mol. The zero-order valence-electron chi connectivity index (χ0n) is 12.4. The van der Waals surface area contributed by atoms with E-state index in [1.165, 1.54) is 30.7 Å². The van der Waals surface area contributed by atoms with Crippen molar-refractivity contribution in [1.82, 2.24) is 4.57 Å². The van der Waals surface area contributed by atoms with Gasteiger partial charge in [-0.25, -0.2) is 18.7 Å². The van der Waals surface area contributed by atoms with Crippen molar-refractivity contribution >= 4 is 11.9 Å². The van der Waals surface area contributed by atoms with Crippen molar-refractivity contribution in [2.75, 3.05) is 0 Å². The Kier molecular flexibility index (Phi) is 8.78. The Labute approximate surface area is 139 Å². The molecular formula is C15H19BrN2O4. The molecule has 1 heterocycles. The number of carbonyl (C=O) groups is 2. The maximum absolute atomic E-state index is 10.5. The highest BCUT2D eigenvalue weighted by Gasteiger charge is 2.13. The first-order valence-corrected chi connectivity index (χ1v) is 6.52. The summed E-state index contributed by atoms with van der Waals surface area (Å²) in [6, 6.07) is 5.48. The molecule has 0 spiro atoms. The van der Waals surface area contributed by atoms with Crippen LogP contribution >= 0.6 is 0 Å². The topological polar surface area (TPSA) is 83.4 Å². The Morgan fingerprint density at radius 2 is 1.64 bits per heavy atom. The molecule has 0 aliphatic rings. The van der Waals surface area contributed by atoms with Gasteiger partial charge in [-0.1, -0.05) is 19.1 Å². The lowest BCUT2D eigenvalue weighted by Crippen LogP contribution is -3.00. The SMILES string of the molecule is CCC[n+]1ccn(C)c1.O=C(O)c1ccccc1C(=O)O.[Br-]. The third-order valence-corrected chi connectivity index (χ3v) is 2.69. The van der Waals surface area contributed by atoms with Crippen LogP contribution in [0, 0.1) is 0 Å². The highest BCUT2D eigenvalue weighted by Crippen LogP contribution is 2.07. The Balaban J connectivity index is 0.000000397. The molecule has 120 valence electrons. The number of aromatic carboxylic acids is 2. The van der Waals surface area contributed by atoms with Crippen molar-refractivity contribution in [3.05, 3.63) is 54.1 Å². The zero-order valence-corrected chi connectivity index (χ0v) is 14.0. The van der Waals surface area contributed by atoms with Crippen molar-refractivity contribution in [3.63, 3.8) is 0 Å². The Morgan fingerprint density at radius 1 is 1.14 bits per heavy atom. The van der Waals surface area contributed by atoms with Gasteiger partial charge in [0.05, 0.1) is 24.7 Å². The largest absolute Gasteiger partial charge is 1.00 e. The number of imidazole rings is 1. The summed E-state index contributed by atoms with van der Waals surface area (Å²) in [5.41, 5.74) is -0.380. The lowest BCUT2D eigenvalue weighted by molar-refractivity contribution is -0.696. The molecule has 2 N–H and O–H groups in total. The first-order valence-electron chi connectivity index (χ1n) is 6.52. The molecule has 1 aromatic carbocycles. The number of rotatable bonds is 4. The quantitative estimate of drug-likeness (QED) is 0.663. The van der Waals surface area contributed by atoms with E-state index in [-0.39, 0.29) is 28.1 Å². The smallest absolute Gasteiger partial charge is 0.336 e. The van der Waals surface area contributed by atoms with Gasteiger partial charge in [0.15, 0.2) is 0 Å². The van der Waals surface area contributed by atoms with Crippen LogP contribution in [0.5, 0.6) is 0 Å². The van der Waals surface area contributed by atoms with Crippen molar-refractivity contribution in [2.45, 2.75) is 19.9 Å². The minimum atomic E-state index is -1.23. The van der Waals surface area contributed by atoms with Gasteiger partial charge in [-0.3, -0.25) is 0 Å². The summed E-state index contributed by atoms with van der Waals surface area (Å²) in [6.45, 7) is 3.31. The summed E-state index contributed by atoms with van der Waals surface area (Å²) in [5.74, 6) is -2.46. The number of aryl methyl sites for hydroxylation is 2. The number of hydrogen-bond acceptors (Lipinski definition) is 2. The van der Waals surface area contributed by atoms with Crippen LogP contribution in [0.3, 0.4) is 0 Å². The first kappa shape index (κ1) is 19.9. The maximum atomic E-state index is 10.5. The van der Waals surface area contributed by atoms with Gasteiger partial charge in [0.25, 0.3) is 0 Å². The zero-order chi connectivity index (χ0) is 15.8. The van der Waals surface area contributed by atoms with Gasteiger partial charge in [-0.15, -0.1) is 0 Å². The number of nitrogens with zero attached hydrogens (tertiary/aromatic N) is 2. The summed E-state index contributed by atoms with van der Waals surface area (Å²) in [4.78, 5) is 20.9. The molecule has 0 fully saturated rings. The first-order chi connectivity index (χ1) is 9.95. The molecule has 22 heavy (non-hydrogen) atoms. The summed E-state index contributed by atoms with van der Waals surface area (Å²) >= 11 is 0. The molecule has 0 aliphatic heterocycles. The molecule has 2 rings (SSSR count). The third kappa shape index (κ3) is 6.09. The molecule has 7 heteroatoms. The average molecular weight is 371 g/mol. The van der Waals surface area contributed by atoms with Crippen LogP contribution in [0.2, 0.25) is 0 Å². The number of aromatic nitrogens is 2. The van der Waals surface area contributed by atoms with Crippen LogP contribution in [0.4, 0.5) is 0 Å². The van der Waals surface area contributed by atoms with Crippen LogP contribution in [-0.4, -0.2) is 26.7 Å². The Bertz CT molecular complexity index is 593. The minimum absolute atomic E-state index is 0. The Morgan fingerprint density at radius 3 is 1.95 bits per heavy atom. The molecule has 0 atom stereocenters. The van der Waals surface area contributed by atoms with E-state index < -0.39 is 11.9 Å². The lowest BCUT2D eigenvalue weighted by atomic mass is 10.1. The van der Waals surface area contributed by atoms with Gasteiger partial charge in [0, 0.05) is 0 Å². The standard InChI is InChI=1S/C8H6O4.C7H13N2.BrH/c9-7(10)5-3-1-2-4-6(5)8(11)12;1-3-4-9-6-5-8(2)7-9;/h1-4H,(H,9,10)(H,11,12);5-7H,3-4H2,1-2H3;1H/q;+1;/p-1. The van der Waals surface area contributed by atoms with Crippen LogP contribution in [0.25, 0.3) is 0 Å².